The van der Waals surface area contributed by atoms with Crippen LogP contribution in [0.2, 0.25) is 5.02 Å². The molecule has 4 nitrogen and oxygen atoms in total. The Morgan fingerprint density at radius 3 is 2.32 bits per heavy atom. The molecule has 1 aromatic rings. The highest BCUT2D eigenvalue weighted by atomic mass is 35.5. The summed E-state index contributed by atoms with van der Waals surface area (Å²) in [7, 11) is -2.18. The first-order valence-electron chi connectivity index (χ1n) is 6.70. The van der Waals surface area contributed by atoms with Gasteiger partial charge in [-0.3, -0.25) is 0 Å². The van der Waals surface area contributed by atoms with Gasteiger partial charge in [0.2, 0.25) is 10.0 Å². The maximum Gasteiger partial charge on any atom is 0.416 e. The van der Waals surface area contributed by atoms with Crippen molar-refractivity contribution in [1.29, 1.82) is 0 Å². The molecular formula is C13H16ClF3N2O2S. The van der Waals surface area contributed by atoms with E-state index in [0.717, 1.165) is 6.07 Å². The molecule has 1 aliphatic heterocycles. The van der Waals surface area contributed by atoms with Crippen LogP contribution >= 0.6 is 11.6 Å². The van der Waals surface area contributed by atoms with Gasteiger partial charge in [-0.05, 0) is 38.1 Å². The fourth-order valence-electron chi connectivity index (χ4n) is 2.41. The lowest BCUT2D eigenvalue weighted by Gasteiger charge is -2.31. The molecule has 1 heterocycles. The van der Waals surface area contributed by atoms with Crippen molar-refractivity contribution in [3.05, 3.63) is 28.8 Å². The zero-order valence-corrected chi connectivity index (χ0v) is 13.4. The summed E-state index contributed by atoms with van der Waals surface area (Å²) in [6.45, 7) is 0.531. The molecule has 0 aromatic heterocycles. The van der Waals surface area contributed by atoms with Gasteiger partial charge in [0.05, 0.1) is 10.5 Å². The molecule has 1 aliphatic rings. The number of alkyl halides is 3. The van der Waals surface area contributed by atoms with Gasteiger partial charge in [-0.15, -0.1) is 0 Å². The third kappa shape index (κ3) is 3.73. The summed E-state index contributed by atoms with van der Waals surface area (Å²) in [5, 5.41) is 2.81. The molecule has 0 bridgehead atoms. The number of nitrogens with zero attached hydrogens (tertiary/aromatic N) is 1. The average Bonchev–Trinajstić information content (AvgIpc) is 2.45. The first-order valence-corrected chi connectivity index (χ1v) is 8.51. The van der Waals surface area contributed by atoms with E-state index in [1.54, 1.807) is 7.05 Å². The highest BCUT2D eigenvalue weighted by molar-refractivity contribution is 7.89. The fraction of sp³-hybridized carbons (Fsp3) is 0.538. The zero-order chi connectivity index (χ0) is 16.5. The predicted molar refractivity (Wildman–Crippen MR) is 77.3 cm³/mol. The highest BCUT2D eigenvalue weighted by Crippen LogP contribution is 2.34. The number of benzene rings is 1. The maximum atomic E-state index is 12.8. The van der Waals surface area contributed by atoms with Gasteiger partial charge in [0.1, 0.15) is 0 Å². The van der Waals surface area contributed by atoms with Gasteiger partial charge in [-0.1, -0.05) is 11.6 Å². The summed E-state index contributed by atoms with van der Waals surface area (Å²) >= 11 is 5.65. The van der Waals surface area contributed by atoms with Crippen molar-refractivity contribution in [2.45, 2.75) is 30.0 Å². The van der Waals surface area contributed by atoms with Gasteiger partial charge in [0.25, 0.3) is 0 Å². The van der Waals surface area contributed by atoms with Crippen molar-refractivity contribution >= 4 is 21.6 Å². The van der Waals surface area contributed by atoms with Crippen molar-refractivity contribution in [2.24, 2.45) is 0 Å². The Balaban J connectivity index is 2.32. The van der Waals surface area contributed by atoms with E-state index in [-0.39, 0.29) is 24.2 Å². The molecule has 1 N–H and O–H groups in total. The van der Waals surface area contributed by atoms with Crippen LogP contribution in [0.15, 0.2) is 23.1 Å². The molecule has 22 heavy (non-hydrogen) atoms. The second-order valence-corrected chi connectivity index (χ2v) is 7.51. The van der Waals surface area contributed by atoms with E-state index < -0.39 is 26.7 Å². The van der Waals surface area contributed by atoms with Crippen LogP contribution in [0, 0.1) is 0 Å². The Morgan fingerprint density at radius 2 is 1.82 bits per heavy atom. The third-order valence-corrected chi connectivity index (χ3v) is 5.79. The van der Waals surface area contributed by atoms with Crippen LogP contribution < -0.4 is 5.32 Å². The van der Waals surface area contributed by atoms with Crippen LogP contribution in [-0.4, -0.2) is 38.9 Å². The number of sulfonamides is 1. The van der Waals surface area contributed by atoms with E-state index in [1.165, 1.54) is 4.31 Å². The van der Waals surface area contributed by atoms with Crippen LogP contribution in [0.25, 0.3) is 0 Å². The van der Waals surface area contributed by atoms with Gasteiger partial charge in [0, 0.05) is 24.2 Å². The van der Waals surface area contributed by atoms with Crippen LogP contribution in [-0.2, 0) is 16.2 Å². The summed E-state index contributed by atoms with van der Waals surface area (Å²) in [4.78, 5) is -0.421. The molecular weight excluding hydrogens is 341 g/mol. The lowest BCUT2D eigenvalue weighted by molar-refractivity contribution is -0.137. The van der Waals surface area contributed by atoms with Gasteiger partial charge in [-0.25, -0.2) is 8.42 Å². The van der Waals surface area contributed by atoms with E-state index in [4.69, 9.17) is 11.6 Å². The van der Waals surface area contributed by atoms with E-state index in [2.05, 4.69) is 5.32 Å². The number of hydrogen-bond acceptors (Lipinski definition) is 3. The summed E-state index contributed by atoms with van der Waals surface area (Å²) in [5.41, 5.74) is -1.07. The molecule has 0 aliphatic carbocycles. The van der Waals surface area contributed by atoms with Crippen molar-refractivity contribution in [1.82, 2.24) is 9.62 Å². The summed E-state index contributed by atoms with van der Waals surface area (Å²) in [6, 6.07) is 2.62. The van der Waals surface area contributed by atoms with Crippen molar-refractivity contribution in [3.63, 3.8) is 0 Å². The first-order chi connectivity index (χ1) is 10.1. The minimum absolute atomic E-state index is 0.219. The standard InChI is InChI=1S/C13H16ClF3N2O2S/c1-18-11-2-4-19(5-3-11)22(20,21)12-7-9(13(15,16)17)6-10(14)8-12/h6-8,11,18H,2-5H2,1H3. The fourth-order valence-corrected chi connectivity index (χ4v) is 4.25. The molecule has 2 rings (SSSR count). The lowest BCUT2D eigenvalue weighted by atomic mass is 10.1. The molecule has 124 valence electrons. The predicted octanol–water partition coefficient (Wildman–Crippen LogP) is 2.73. The molecule has 1 fully saturated rings. The molecule has 0 amide bonds. The van der Waals surface area contributed by atoms with Gasteiger partial charge < -0.3 is 5.32 Å². The van der Waals surface area contributed by atoms with Crippen LogP contribution in [0.1, 0.15) is 18.4 Å². The summed E-state index contributed by atoms with van der Waals surface area (Å²) in [5.74, 6) is 0. The number of halogens is 4. The topological polar surface area (TPSA) is 49.4 Å². The largest absolute Gasteiger partial charge is 0.416 e. The second-order valence-electron chi connectivity index (χ2n) is 5.14. The third-order valence-electron chi connectivity index (χ3n) is 3.70. The molecule has 0 radical (unpaired) electrons. The maximum absolute atomic E-state index is 12.8. The quantitative estimate of drug-likeness (QED) is 0.906. The Kier molecular flexibility index (Phi) is 5.06. The van der Waals surface area contributed by atoms with E-state index in [1.807, 2.05) is 0 Å². The molecule has 0 atom stereocenters. The van der Waals surface area contributed by atoms with E-state index in [9.17, 15) is 21.6 Å². The Morgan fingerprint density at radius 1 is 1.23 bits per heavy atom. The van der Waals surface area contributed by atoms with Crippen molar-refractivity contribution < 1.29 is 21.6 Å². The minimum atomic E-state index is -4.64. The number of nitrogens with one attached hydrogen (secondary N) is 1. The Labute approximate surface area is 132 Å². The molecule has 9 heteroatoms. The molecule has 0 unspecified atom stereocenters. The van der Waals surface area contributed by atoms with Crippen LogP contribution in [0.4, 0.5) is 13.2 Å². The molecule has 0 saturated carbocycles. The highest BCUT2D eigenvalue weighted by Gasteiger charge is 2.34. The first kappa shape index (κ1) is 17.5. The minimum Gasteiger partial charge on any atom is -0.317 e. The monoisotopic (exact) mass is 356 g/mol. The Hall–Kier alpha value is -0.830. The molecule has 0 spiro atoms. The number of piperidine rings is 1. The summed E-state index contributed by atoms with van der Waals surface area (Å²) in [6.07, 6.45) is -3.42. The smallest absolute Gasteiger partial charge is 0.317 e. The van der Waals surface area contributed by atoms with Gasteiger partial charge >= 0.3 is 6.18 Å². The van der Waals surface area contributed by atoms with Crippen molar-refractivity contribution in [2.75, 3.05) is 20.1 Å². The van der Waals surface area contributed by atoms with Gasteiger partial charge in [-0.2, -0.15) is 17.5 Å². The van der Waals surface area contributed by atoms with E-state index >= 15 is 0 Å². The Bertz CT molecular complexity index is 641. The molecule has 1 aromatic carbocycles. The number of rotatable bonds is 3. The zero-order valence-electron chi connectivity index (χ0n) is 11.8. The van der Waals surface area contributed by atoms with Crippen LogP contribution in [0.3, 0.4) is 0 Å². The van der Waals surface area contributed by atoms with Crippen molar-refractivity contribution in [3.8, 4) is 0 Å². The van der Waals surface area contributed by atoms with E-state index in [0.29, 0.717) is 25.0 Å². The average molecular weight is 357 g/mol. The van der Waals surface area contributed by atoms with Crippen LogP contribution in [0.5, 0.6) is 0 Å². The molecule has 1 saturated heterocycles. The normalized spacial score (nSPS) is 18.6. The summed E-state index contributed by atoms with van der Waals surface area (Å²) < 4.78 is 64.6. The SMILES string of the molecule is CNC1CCN(S(=O)(=O)c2cc(Cl)cc(C(F)(F)F)c2)CC1. The van der Waals surface area contributed by atoms with Gasteiger partial charge in [0.15, 0.2) is 0 Å². The second kappa shape index (κ2) is 6.35. The lowest BCUT2D eigenvalue weighted by Crippen LogP contribution is -2.43. The number of hydrogen-bond donors (Lipinski definition) is 1.